The predicted molar refractivity (Wildman–Crippen MR) is 145 cm³/mol. The number of nitrogens with one attached hydrogen (secondary N) is 1. The van der Waals surface area contributed by atoms with Gasteiger partial charge in [-0.05, 0) is 103 Å². The van der Waals surface area contributed by atoms with E-state index in [1.54, 1.807) is 0 Å². The molecular weight excluding hydrogens is 491 g/mol. The molecule has 1 N–H and O–H groups in total. The van der Waals surface area contributed by atoms with E-state index in [1.807, 2.05) is 4.90 Å². The Labute approximate surface area is 223 Å². The van der Waals surface area contributed by atoms with Crippen molar-refractivity contribution in [2.45, 2.75) is 146 Å². The second kappa shape index (κ2) is 11.9. The molecule has 6 nitrogen and oxygen atoms in total. The van der Waals surface area contributed by atoms with Crippen LogP contribution in [0.5, 0.6) is 0 Å². The molecule has 0 aromatic rings. The molecular formula is C29H49FN2O4S. The van der Waals surface area contributed by atoms with Crippen LogP contribution in [0.2, 0.25) is 0 Å². The van der Waals surface area contributed by atoms with E-state index >= 15 is 4.39 Å². The van der Waals surface area contributed by atoms with Crippen LogP contribution in [0.15, 0.2) is 0 Å². The number of rotatable bonds is 8. The van der Waals surface area contributed by atoms with Crippen LogP contribution in [0, 0.1) is 17.8 Å². The molecule has 212 valence electrons. The number of hydrogen-bond donors (Lipinski definition) is 1. The molecule has 0 spiro atoms. The number of alkyl halides is 1. The van der Waals surface area contributed by atoms with Crippen LogP contribution >= 0.6 is 0 Å². The van der Waals surface area contributed by atoms with E-state index in [1.165, 1.54) is 6.42 Å². The highest BCUT2D eigenvalue weighted by atomic mass is 32.2. The van der Waals surface area contributed by atoms with E-state index in [-0.39, 0.29) is 46.9 Å². The third-order valence-electron chi connectivity index (χ3n) is 9.31. The second-order valence-corrected chi connectivity index (χ2v) is 15.8. The maximum Gasteiger partial charge on any atom is 0.226 e. The zero-order valence-corrected chi connectivity index (χ0v) is 24.0. The van der Waals surface area contributed by atoms with Gasteiger partial charge in [0.25, 0.3) is 0 Å². The highest BCUT2D eigenvalue weighted by Crippen LogP contribution is 2.37. The van der Waals surface area contributed by atoms with E-state index in [9.17, 15) is 18.0 Å². The molecule has 3 unspecified atom stereocenters. The zero-order chi connectivity index (χ0) is 26.8. The molecule has 4 rings (SSSR count). The number of sulfone groups is 1. The summed E-state index contributed by atoms with van der Waals surface area (Å²) >= 11 is 0. The molecule has 4 fully saturated rings. The van der Waals surface area contributed by atoms with Gasteiger partial charge in [-0.2, -0.15) is 0 Å². The third-order valence-corrected chi connectivity index (χ3v) is 11.7. The van der Waals surface area contributed by atoms with Crippen LogP contribution in [-0.2, 0) is 19.4 Å². The lowest BCUT2D eigenvalue weighted by molar-refractivity contribution is -0.147. The molecule has 3 atom stereocenters. The van der Waals surface area contributed by atoms with Gasteiger partial charge in [-0.25, -0.2) is 12.8 Å². The molecule has 0 saturated heterocycles. The summed E-state index contributed by atoms with van der Waals surface area (Å²) in [5.74, 6) is 0.494. The first-order valence-corrected chi connectivity index (χ1v) is 16.6. The number of nitrogens with zero attached hydrogens (tertiary/aromatic N) is 1. The van der Waals surface area contributed by atoms with Gasteiger partial charge in [0.05, 0.1) is 17.0 Å². The molecule has 4 aliphatic rings. The van der Waals surface area contributed by atoms with Crippen LogP contribution in [-0.4, -0.2) is 59.9 Å². The lowest BCUT2D eigenvalue weighted by Gasteiger charge is -2.46. The number of amides is 2. The molecule has 4 saturated carbocycles. The molecule has 0 radical (unpaired) electrons. The van der Waals surface area contributed by atoms with Crippen LogP contribution in [0.1, 0.15) is 117 Å². The lowest BCUT2D eigenvalue weighted by atomic mass is 9.81. The smallest absolute Gasteiger partial charge is 0.226 e. The SMILES string of the molecule is CC(C)(C)N(C(=O)C1CCC(NC(=O)CC2CCC(S(=O)(=O)CC3CC3)CC2)C(F)C1)C1CCCCC1. The van der Waals surface area contributed by atoms with E-state index in [4.69, 9.17) is 0 Å². The fraction of sp³-hybridized carbons (Fsp3) is 0.931. The first kappa shape index (κ1) is 28.8. The Hall–Kier alpha value is -1.18. The first-order chi connectivity index (χ1) is 17.4. The molecule has 0 bridgehead atoms. The topological polar surface area (TPSA) is 83.6 Å². The van der Waals surface area contributed by atoms with Gasteiger partial charge in [-0.15, -0.1) is 0 Å². The van der Waals surface area contributed by atoms with Crippen molar-refractivity contribution in [2.75, 3.05) is 5.75 Å². The van der Waals surface area contributed by atoms with Gasteiger partial charge in [0.2, 0.25) is 11.8 Å². The summed E-state index contributed by atoms with van der Waals surface area (Å²) in [6.45, 7) is 6.23. The monoisotopic (exact) mass is 540 g/mol. The van der Waals surface area contributed by atoms with Crippen molar-refractivity contribution in [3.63, 3.8) is 0 Å². The Kier molecular flexibility index (Phi) is 9.28. The summed E-state index contributed by atoms with van der Waals surface area (Å²) in [5, 5.41) is 2.66. The average Bonchev–Trinajstić information content (AvgIpc) is 3.64. The van der Waals surface area contributed by atoms with Gasteiger partial charge in [-0.3, -0.25) is 9.59 Å². The Morgan fingerprint density at radius 3 is 2.05 bits per heavy atom. The van der Waals surface area contributed by atoms with Crippen molar-refractivity contribution in [1.82, 2.24) is 10.2 Å². The molecule has 0 aromatic heterocycles. The molecule has 2 amide bonds. The number of hydrogen-bond acceptors (Lipinski definition) is 4. The summed E-state index contributed by atoms with van der Waals surface area (Å²) < 4.78 is 40.4. The molecule has 4 aliphatic carbocycles. The van der Waals surface area contributed by atoms with Gasteiger partial charge in [0, 0.05) is 23.9 Å². The normalized spacial score (nSPS) is 32.1. The largest absolute Gasteiger partial charge is 0.350 e. The number of carbonyl (C=O) groups excluding carboxylic acids is 2. The molecule has 37 heavy (non-hydrogen) atoms. The van der Waals surface area contributed by atoms with Gasteiger partial charge in [0.15, 0.2) is 9.84 Å². The van der Waals surface area contributed by atoms with E-state index in [2.05, 4.69) is 26.1 Å². The van der Waals surface area contributed by atoms with Crippen molar-refractivity contribution in [1.29, 1.82) is 0 Å². The zero-order valence-electron chi connectivity index (χ0n) is 23.2. The first-order valence-electron chi connectivity index (χ1n) is 14.9. The van der Waals surface area contributed by atoms with Crippen LogP contribution < -0.4 is 5.32 Å². The minimum atomic E-state index is -3.02. The van der Waals surface area contributed by atoms with Crippen molar-refractivity contribution >= 4 is 21.7 Å². The minimum absolute atomic E-state index is 0.0835. The summed E-state index contributed by atoms with van der Waals surface area (Å²) in [4.78, 5) is 28.4. The van der Waals surface area contributed by atoms with Gasteiger partial charge < -0.3 is 10.2 Å². The Morgan fingerprint density at radius 1 is 0.865 bits per heavy atom. The summed E-state index contributed by atoms with van der Waals surface area (Å²) in [7, 11) is -3.02. The van der Waals surface area contributed by atoms with Gasteiger partial charge in [-0.1, -0.05) is 19.3 Å². The van der Waals surface area contributed by atoms with E-state index in [0.29, 0.717) is 43.8 Å². The summed E-state index contributed by atoms with van der Waals surface area (Å²) in [6.07, 6.45) is 10.8. The van der Waals surface area contributed by atoms with E-state index in [0.717, 1.165) is 51.4 Å². The molecule has 8 heteroatoms. The quantitative estimate of drug-likeness (QED) is 0.450. The van der Waals surface area contributed by atoms with Gasteiger partial charge >= 0.3 is 0 Å². The van der Waals surface area contributed by atoms with Crippen molar-refractivity contribution < 1.29 is 22.4 Å². The molecule has 0 heterocycles. The second-order valence-electron chi connectivity index (χ2n) is 13.5. The predicted octanol–water partition coefficient (Wildman–Crippen LogP) is 5.34. The molecule has 0 aromatic carbocycles. The standard InChI is InChI=1S/C29H49FN2O4S/c1-29(2,3)32(23-7-5-4-6-8-23)28(34)22-13-16-26(25(30)18-22)31-27(33)17-20-11-14-24(15-12-20)37(35,36)19-21-9-10-21/h20-26H,4-19H2,1-3H3,(H,31,33). The highest BCUT2D eigenvalue weighted by molar-refractivity contribution is 7.92. The minimum Gasteiger partial charge on any atom is -0.350 e. The maximum absolute atomic E-state index is 15.2. The summed E-state index contributed by atoms with van der Waals surface area (Å²) in [6, 6.07) is -0.292. The maximum atomic E-state index is 15.2. The Balaban J connectivity index is 1.23. The fourth-order valence-electron chi connectivity index (χ4n) is 7.07. The van der Waals surface area contributed by atoms with Crippen molar-refractivity contribution in [2.24, 2.45) is 17.8 Å². The van der Waals surface area contributed by atoms with Crippen molar-refractivity contribution in [3.8, 4) is 0 Å². The number of halogens is 1. The van der Waals surface area contributed by atoms with Crippen LogP contribution in [0.4, 0.5) is 4.39 Å². The van der Waals surface area contributed by atoms with Crippen LogP contribution in [0.3, 0.4) is 0 Å². The fourth-order valence-corrected chi connectivity index (χ4v) is 9.32. The Morgan fingerprint density at radius 2 is 1.49 bits per heavy atom. The lowest BCUT2D eigenvalue weighted by Crippen LogP contribution is -2.56. The Bertz CT molecular complexity index is 899. The number of carbonyl (C=O) groups is 2. The highest BCUT2D eigenvalue weighted by Gasteiger charge is 2.42. The average molecular weight is 541 g/mol. The summed E-state index contributed by atoms with van der Waals surface area (Å²) in [5.41, 5.74) is -0.286. The van der Waals surface area contributed by atoms with Crippen LogP contribution in [0.25, 0.3) is 0 Å². The van der Waals surface area contributed by atoms with Crippen molar-refractivity contribution in [3.05, 3.63) is 0 Å². The van der Waals surface area contributed by atoms with E-state index < -0.39 is 22.1 Å². The third kappa shape index (κ3) is 7.69. The molecule has 0 aliphatic heterocycles. The van der Waals surface area contributed by atoms with Gasteiger partial charge in [0.1, 0.15) is 6.17 Å².